The van der Waals surface area contributed by atoms with E-state index in [1.54, 1.807) is 6.20 Å². The molecule has 0 aliphatic carbocycles. The highest BCUT2D eigenvalue weighted by Crippen LogP contribution is 2.42. The molecule has 4 heterocycles. The first-order chi connectivity index (χ1) is 12.7. The lowest BCUT2D eigenvalue weighted by Crippen LogP contribution is -2.43. The smallest absolute Gasteiger partial charge is 0.222 e. The lowest BCUT2D eigenvalue weighted by molar-refractivity contribution is -0.133. The third-order valence-electron chi connectivity index (χ3n) is 6.47. The Morgan fingerprint density at radius 2 is 2.04 bits per heavy atom. The quantitative estimate of drug-likeness (QED) is 0.812. The minimum absolute atomic E-state index is 0.288. The highest BCUT2D eigenvalue weighted by atomic mass is 16.5. The first-order valence-electron chi connectivity index (χ1n) is 10.2. The molecular formula is C21H31N3O2. The van der Waals surface area contributed by atoms with Crippen LogP contribution in [0.4, 0.5) is 0 Å². The van der Waals surface area contributed by atoms with Gasteiger partial charge in [-0.1, -0.05) is 6.07 Å². The number of carbonyl (C=O) groups is 1. The molecule has 1 aromatic rings. The molecule has 3 aliphatic heterocycles. The molecular weight excluding hydrogens is 326 g/mol. The van der Waals surface area contributed by atoms with Crippen molar-refractivity contribution in [2.75, 3.05) is 39.3 Å². The van der Waals surface area contributed by atoms with E-state index in [0.717, 1.165) is 51.1 Å². The molecule has 0 aromatic carbocycles. The van der Waals surface area contributed by atoms with E-state index < -0.39 is 0 Å². The molecule has 1 spiro atoms. The number of carbonyl (C=O) groups excluding carboxylic acids is 1. The number of aromatic nitrogens is 1. The highest BCUT2D eigenvalue weighted by molar-refractivity contribution is 5.76. The summed E-state index contributed by atoms with van der Waals surface area (Å²) >= 11 is 0. The van der Waals surface area contributed by atoms with Gasteiger partial charge in [-0.25, -0.2) is 0 Å². The first-order valence-corrected chi connectivity index (χ1v) is 10.2. The molecule has 3 saturated heterocycles. The molecule has 4 rings (SSSR count). The van der Waals surface area contributed by atoms with Gasteiger partial charge in [0, 0.05) is 38.4 Å². The Kier molecular flexibility index (Phi) is 5.55. The summed E-state index contributed by atoms with van der Waals surface area (Å²) in [6, 6.07) is 3.98. The number of hydrogen-bond acceptors (Lipinski definition) is 4. The van der Waals surface area contributed by atoms with Crippen LogP contribution >= 0.6 is 0 Å². The van der Waals surface area contributed by atoms with E-state index in [9.17, 15) is 4.79 Å². The van der Waals surface area contributed by atoms with Gasteiger partial charge in [-0.15, -0.1) is 0 Å². The van der Waals surface area contributed by atoms with Crippen molar-refractivity contribution in [2.45, 2.75) is 51.0 Å². The Balaban J connectivity index is 1.21. The van der Waals surface area contributed by atoms with Crippen LogP contribution in [0.3, 0.4) is 0 Å². The maximum Gasteiger partial charge on any atom is 0.222 e. The van der Waals surface area contributed by atoms with Crippen LogP contribution in [-0.4, -0.2) is 66.1 Å². The zero-order valence-corrected chi connectivity index (χ0v) is 15.7. The van der Waals surface area contributed by atoms with Gasteiger partial charge >= 0.3 is 0 Å². The van der Waals surface area contributed by atoms with Crippen molar-refractivity contribution in [3.63, 3.8) is 0 Å². The van der Waals surface area contributed by atoms with Gasteiger partial charge in [0.2, 0.25) is 5.91 Å². The number of rotatable bonds is 5. The van der Waals surface area contributed by atoms with E-state index in [4.69, 9.17) is 4.74 Å². The van der Waals surface area contributed by atoms with E-state index in [-0.39, 0.29) is 5.91 Å². The number of likely N-dealkylation sites (tertiary alicyclic amines) is 2. The van der Waals surface area contributed by atoms with Crippen LogP contribution < -0.4 is 0 Å². The summed E-state index contributed by atoms with van der Waals surface area (Å²) in [7, 11) is 0. The Bertz CT molecular complexity index is 593. The van der Waals surface area contributed by atoms with Crippen LogP contribution in [0.15, 0.2) is 24.5 Å². The second-order valence-electron chi connectivity index (χ2n) is 8.39. The molecule has 3 fully saturated rings. The summed E-state index contributed by atoms with van der Waals surface area (Å²) in [5.41, 5.74) is 1.47. The average Bonchev–Trinajstić information content (AvgIpc) is 3.32. The standard InChI is InChI=1S/C21H31N3O2/c25-20(6-5-18-4-3-9-22-15-18)24-12-7-21(8-13-24)14-19(26-17-21)16-23-10-1-2-11-23/h3-4,9,15,19H,1-2,5-8,10-14,16-17H2/t19-/m0/s1. The van der Waals surface area contributed by atoms with Gasteiger partial charge in [0.15, 0.2) is 0 Å². The van der Waals surface area contributed by atoms with Crippen LogP contribution in [0.2, 0.25) is 0 Å². The fourth-order valence-electron chi connectivity index (χ4n) is 4.80. The molecule has 26 heavy (non-hydrogen) atoms. The normalized spacial score (nSPS) is 25.8. The van der Waals surface area contributed by atoms with E-state index in [2.05, 4.69) is 14.8 Å². The van der Waals surface area contributed by atoms with Gasteiger partial charge in [-0.2, -0.15) is 0 Å². The Morgan fingerprint density at radius 3 is 2.77 bits per heavy atom. The van der Waals surface area contributed by atoms with Crippen molar-refractivity contribution >= 4 is 5.91 Å². The topological polar surface area (TPSA) is 45.7 Å². The highest BCUT2D eigenvalue weighted by Gasteiger charge is 2.43. The number of ether oxygens (including phenoxy) is 1. The Morgan fingerprint density at radius 1 is 1.23 bits per heavy atom. The van der Waals surface area contributed by atoms with Gasteiger partial charge in [0.05, 0.1) is 12.7 Å². The largest absolute Gasteiger partial charge is 0.376 e. The molecule has 5 nitrogen and oxygen atoms in total. The SMILES string of the molecule is O=C(CCc1cccnc1)N1CCC2(CC1)CO[C@H](CN1CCCC1)C2. The Labute approximate surface area is 156 Å². The minimum Gasteiger partial charge on any atom is -0.376 e. The number of pyridine rings is 1. The van der Waals surface area contributed by atoms with Gasteiger partial charge in [0.1, 0.15) is 0 Å². The van der Waals surface area contributed by atoms with Crippen LogP contribution in [0.25, 0.3) is 0 Å². The molecule has 0 bridgehead atoms. The van der Waals surface area contributed by atoms with Gasteiger partial charge in [-0.3, -0.25) is 9.78 Å². The lowest BCUT2D eigenvalue weighted by Gasteiger charge is -2.38. The third kappa shape index (κ3) is 4.26. The second-order valence-corrected chi connectivity index (χ2v) is 8.39. The molecule has 0 saturated carbocycles. The molecule has 5 heteroatoms. The van der Waals surface area contributed by atoms with Crippen molar-refractivity contribution in [1.29, 1.82) is 0 Å². The van der Waals surface area contributed by atoms with Crippen molar-refractivity contribution in [1.82, 2.24) is 14.8 Å². The number of amides is 1. The van der Waals surface area contributed by atoms with E-state index >= 15 is 0 Å². The third-order valence-corrected chi connectivity index (χ3v) is 6.47. The van der Waals surface area contributed by atoms with E-state index in [1.807, 2.05) is 18.3 Å². The molecule has 142 valence electrons. The number of nitrogens with zero attached hydrogens (tertiary/aromatic N) is 3. The molecule has 1 aromatic heterocycles. The maximum absolute atomic E-state index is 12.5. The predicted molar refractivity (Wildman–Crippen MR) is 101 cm³/mol. The summed E-state index contributed by atoms with van der Waals surface area (Å²) in [6.45, 7) is 6.27. The van der Waals surface area contributed by atoms with Crippen LogP contribution in [0.1, 0.15) is 44.1 Å². The zero-order chi connectivity index (χ0) is 17.8. The molecule has 0 N–H and O–H groups in total. The summed E-state index contributed by atoms with van der Waals surface area (Å²) in [5.74, 6) is 0.288. The maximum atomic E-state index is 12.5. The molecule has 1 amide bonds. The van der Waals surface area contributed by atoms with Gasteiger partial charge < -0.3 is 14.5 Å². The zero-order valence-electron chi connectivity index (χ0n) is 15.7. The molecule has 3 aliphatic rings. The fourth-order valence-corrected chi connectivity index (χ4v) is 4.80. The average molecular weight is 357 g/mol. The monoisotopic (exact) mass is 357 g/mol. The lowest BCUT2D eigenvalue weighted by atomic mass is 9.76. The van der Waals surface area contributed by atoms with Crippen molar-refractivity contribution in [2.24, 2.45) is 5.41 Å². The van der Waals surface area contributed by atoms with Gasteiger partial charge in [0.25, 0.3) is 0 Å². The fraction of sp³-hybridized carbons (Fsp3) is 0.714. The number of piperidine rings is 1. The minimum atomic E-state index is 0.288. The summed E-state index contributed by atoms with van der Waals surface area (Å²) in [5, 5.41) is 0. The second kappa shape index (κ2) is 8.05. The summed E-state index contributed by atoms with van der Waals surface area (Å²) < 4.78 is 6.16. The summed E-state index contributed by atoms with van der Waals surface area (Å²) in [4.78, 5) is 21.3. The van der Waals surface area contributed by atoms with E-state index in [0.29, 0.717) is 17.9 Å². The van der Waals surface area contributed by atoms with E-state index in [1.165, 1.54) is 32.4 Å². The molecule has 0 radical (unpaired) electrons. The number of hydrogen-bond donors (Lipinski definition) is 0. The predicted octanol–water partition coefficient (Wildman–Crippen LogP) is 2.51. The molecule has 0 unspecified atom stereocenters. The van der Waals surface area contributed by atoms with Crippen molar-refractivity contribution in [3.8, 4) is 0 Å². The van der Waals surface area contributed by atoms with Crippen LogP contribution in [0, 0.1) is 5.41 Å². The van der Waals surface area contributed by atoms with Gasteiger partial charge in [-0.05, 0) is 68.7 Å². The van der Waals surface area contributed by atoms with Crippen LogP contribution in [-0.2, 0) is 16.0 Å². The number of aryl methyl sites for hydroxylation is 1. The summed E-state index contributed by atoms with van der Waals surface area (Å²) in [6.07, 6.45) is 11.5. The van der Waals surface area contributed by atoms with Crippen molar-refractivity contribution < 1.29 is 9.53 Å². The molecule has 1 atom stereocenters. The Hall–Kier alpha value is -1.46. The first kappa shape index (κ1) is 17.9. The van der Waals surface area contributed by atoms with Crippen LogP contribution in [0.5, 0.6) is 0 Å². The van der Waals surface area contributed by atoms with Crippen molar-refractivity contribution in [3.05, 3.63) is 30.1 Å².